The topological polar surface area (TPSA) is 78.9 Å². The van der Waals surface area contributed by atoms with E-state index in [9.17, 15) is 4.79 Å². The molecule has 0 aliphatic carbocycles. The smallest absolute Gasteiger partial charge is 0.234 e. The van der Waals surface area contributed by atoms with E-state index in [-0.39, 0.29) is 5.91 Å². The number of carbonyl (C=O) groups is 1. The molecule has 0 aromatic heterocycles. The van der Waals surface area contributed by atoms with E-state index in [1.807, 2.05) is 13.0 Å². The second-order valence-electron chi connectivity index (χ2n) is 3.90. The number of benzene rings is 1. The predicted octanol–water partition coefficient (Wildman–Crippen LogP) is 1.97. The molecular weight excluding hydrogens is 246 g/mol. The second-order valence-corrected chi connectivity index (χ2v) is 5.33. The second kappa shape index (κ2) is 7.75. The Bertz CT molecular complexity index is 442. The van der Waals surface area contributed by atoms with Crippen LogP contribution in [0, 0.1) is 11.3 Å². The van der Waals surface area contributed by atoms with Gasteiger partial charge in [-0.1, -0.05) is 19.1 Å². The molecule has 0 saturated carbocycles. The maximum Gasteiger partial charge on any atom is 0.234 e. The molecule has 0 fully saturated rings. The molecule has 18 heavy (non-hydrogen) atoms. The number of hydrogen-bond donors (Lipinski definition) is 2. The van der Waals surface area contributed by atoms with Crippen LogP contribution in [-0.2, 0) is 4.79 Å². The summed E-state index contributed by atoms with van der Waals surface area (Å²) >= 11 is 1.57. The summed E-state index contributed by atoms with van der Waals surface area (Å²) in [5.74, 6) is 0.285. The first-order valence-electron chi connectivity index (χ1n) is 5.78. The number of nitriles is 1. The van der Waals surface area contributed by atoms with Crippen LogP contribution < -0.4 is 11.1 Å². The molecule has 1 unspecified atom stereocenters. The molecule has 1 aromatic carbocycles. The van der Waals surface area contributed by atoms with Gasteiger partial charge in [-0.2, -0.15) is 5.26 Å². The monoisotopic (exact) mass is 263 g/mol. The molecule has 0 bridgehead atoms. The van der Waals surface area contributed by atoms with Gasteiger partial charge in [0.05, 0.1) is 17.0 Å². The summed E-state index contributed by atoms with van der Waals surface area (Å²) in [6.07, 6.45) is 0.896. The van der Waals surface area contributed by atoms with Gasteiger partial charge in [0.1, 0.15) is 6.07 Å². The van der Waals surface area contributed by atoms with Crippen LogP contribution in [0.3, 0.4) is 0 Å². The summed E-state index contributed by atoms with van der Waals surface area (Å²) in [7, 11) is 0. The third kappa shape index (κ3) is 4.78. The Morgan fingerprint density at radius 1 is 1.56 bits per heavy atom. The molecule has 0 aliphatic rings. The Hall–Kier alpha value is -1.51. The quantitative estimate of drug-likeness (QED) is 0.822. The highest BCUT2D eigenvalue weighted by molar-refractivity contribution is 8.00. The molecule has 1 amide bonds. The van der Waals surface area contributed by atoms with Gasteiger partial charge in [0.15, 0.2) is 0 Å². The summed E-state index contributed by atoms with van der Waals surface area (Å²) in [5, 5.41) is 12.0. The van der Waals surface area contributed by atoms with Crippen molar-refractivity contribution in [2.24, 2.45) is 5.73 Å². The van der Waals surface area contributed by atoms with E-state index in [1.54, 1.807) is 36.0 Å². The van der Waals surface area contributed by atoms with E-state index in [1.165, 1.54) is 0 Å². The zero-order valence-electron chi connectivity index (χ0n) is 10.3. The van der Waals surface area contributed by atoms with Gasteiger partial charge in [-0.15, -0.1) is 11.8 Å². The predicted molar refractivity (Wildman–Crippen MR) is 75.4 cm³/mol. The Balaban J connectivity index is 2.48. The highest BCUT2D eigenvalue weighted by Gasteiger charge is 2.08. The molecule has 0 radical (unpaired) electrons. The lowest BCUT2D eigenvalue weighted by Gasteiger charge is -2.10. The molecule has 1 atom stereocenters. The molecule has 1 aromatic rings. The summed E-state index contributed by atoms with van der Waals surface area (Å²) < 4.78 is 0. The summed E-state index contributed by atoms with van der Waals surface area (Å²) in [6.45, 7) is 2.68. The highest BCUT2D eigenvalue weighted by Crippen LogP contribution is 2.16. The fraction of sp³-hybridized carbons (Fsp3) is 0.385. The van der Waals surface area contributed by atoms with Crippen LogP contribution in [0.2, 0.25) is 0 Å². The SMILES string of the molecule is CC(CCN)SCC(=O)Nc1ccccc1C#N. The molecule has 5 heteroatoms. The van der Waals surface area contributed by atoms with Crippen molar-refractivity contribution in [2.75, 3.05) is 17.6 Å². The van der Waals surface area contributed by atoms with Crippen LogP contribution in [0.15, 0.2) is 24.3 Å². The van der Waals surface area contributed by atoms with E-state index in [2.05, 4.69) is 5.32 Å². The van der Waals surface area contributed by atoms with Crippen molar-refractivity contribution < 1.29 is 4.79 Å². The van der Waals surface area contributed by atoms with Gasteiger partial charge in [0.2, 0.25) is 5.91 Å². The molecule has 4 nitrogen and oxygen atoms in total. The molecule has 96 valence electrons. The number of thioether (sulfide) groups is 1. The van der Waals surface area contributed by atoms with Crippen molar-refractivity contribution in [3.8, 4) is 6.07 Å². The number of para-hydroxylation sites is 1. The molecular formula is C13H17N3OS. The molecule has 3 N–H and O–H groups in total. The lowest BCUT2D eigenvalue weighted by Crippen LogP contribution is -2.17. The van der Waals surface area contributed by atoms with E-state index in [0.29, 0.717) is 28.8 Å². The number of nitrogens with one attached hydrogen (secondary N) is 1. The first kappa shape index (κ1) is 14.6. The lowest BCUT2D eigenvalue weighted by molar-refractivity contribution is -0.113. The van der Waals surface area contributed by atoms with Gasteiger partial charge in [0, 0.05) is 5.25 Å². The minimum atomic E-state index is -0.0911. The van der Waals surface area contributed by atoms with E-state index < -0.39 is 0 Å². The van der Waals surface area contributed by atoms with Crippen molar-refractivity contribution in [3.05, 3.63) is 29.8 Å². The highest BCUT2D eigenvalue weighted by atomic mass is 32.2. The molecule has 1 rings (SSSR count). The first-order valence-corrected chi connectivity index (χ1v) is 6.83. The minimum Gasteiger partial charge on any atom is -0.330 e. The van der Waals surface area contributed by atoms with Crippen molar-refractivity contribution in [1.82, 2.24) is 0 Å². The lowest BCUT2D eigenvalue weighted by atomic mass is 10.2. The minimum absolute atomic E-state index is 0.0911. The van der Waals surface area contributed by atoms with Crippen molar-refractivity contribution >= 4 is 23.4 Å². The van der Waals surface area contributed by atoms with Crippen LogP contribution in [0.4, 0.5) is 5.69 Å². The number of amides is 1. The number of hydrogen-bond acceptors (Lipinski definition) is 4. The van der Waals surface area contributed by atoms with Crippen LogP contribution >= 0.6 is 11.8 Å². The van der Waals surface area contributed by atoms with E-state index >= 15 is 0 Å². The van der Waals surface area contributed by atoms with E-state index in [0.717, 1.165) is 6.42 Å². The maximum atomic E-state index is 11.7. The standard InChI is InChI=1S/C13H17N3OS/c1-10(6-7-14)18-9-13(17)16-12-5-3-2-4-11(12)8-15/h2-5,10H,6-7,9,14H2,1H3,(H,16,17). The Morgan fingerprint density at radius 3 is 2.94 bits per heavy atom. The molecule has 0 saturated heterocycles. The molecule has 0 spiro atoms. The van der Waals surface area contributed by atoms with E-state index in [4.69, 9.17) is 11.0 Å². The number of anilines is 1. The average molecular weight is 263 g/mol. The van der Waals surface area contributed by atoms with Gasteiger partial charge >= 0.3 is 0 Å². The van der Waals surface area contributed by atoms with Crippen LogP contribution in [0.25, 0.3) is 0 Å². The number of carbonyl (C=O) groups excluding carboxylic acids is 1. The van der Waals surface area contributed by atoms with Gasteiger partial charge in [-0.05, 0) is 25.1 Å². The van der Waals surface area contributed by atoms with Crippen molar-refractivity contribution in [2.45, 2.75) is 18.6 Å². The Kier molecular flexibility index (Phi) is 6.26. The fourth-order valence-corrected chi connectivity index (χ4v) is 2.22. The fourth-order valence-electron chi connectivity index (χ4n) is 1.41. The van der Waals surface area contributed by atoms with Crippen LogP contribution in [0.1, 0.15) is 18.9 Å². The van der Waals surface area contributed by atoms with Gasteiger partial charge in [-0.3, -0.25) is 4.79 Å². The average Bonchev–Trinajstić information content (AvgIpc) is 2.37. The number of rotatable bonds is 6. The van der Waals surface area contributed by atoms with Crippen LogP contribution in [-0.4, -0.2) is 23.5 Å². The summed E-state index contributed by atoms with van der Waals surface area (Å²) in [5.41, 5.74) is 6.49. The Labute approximate surface area is 112 Å². The normalized spacial score (nSPS) is 11.6. The molecule has 0 heterocycles. The third-order valence-corrected chi connectivity index (χ3v) is 3.63. The van der Waals surface area contributed by atoms with Gasteiger partial charge in [0.25, 0.3) is 0 Å². The zero-order chi connectivity index (χ0) is 13.4. The maximum absolute atomic E-state index is 11.7. The summed E-state index contributed by atoms with van der Waals surface area (Å²) in [6, 6.07) is 9.02. The summed E-state index contributed by atoms with van der Waals surface area (Å²) in [4.78, 5) is 11.7. The van der Waals surface area contributed by atoms with Crippen LogP contribution in [0.5, 0.6) is 0 Å². The zero-order valence-corrected chi connectivity index (χ0v) is 11.2. The van der Waals surface area contributed by atoms with Crippen molar-refractivity contribution in [3.63, 3.8) is 0 Å². The van der Waals surface area contributed by atoms with Gasteiger partial charge in [-0.25, -0.2) is 0 Å². The van der Waals surface area contributed by atoms with Crippen molar-refractivity contribution in [1.29, 1.82) is 5.26 Å². The first-order chi connectivity index (χ1) is 8.67. The molecule has 0 aliphatic heterocycles. The number of nitrogens with zero attached hydrogens (tertiary/aromatic N) is 1. The van der Waals surface area contributed by atoms with Gasteiger partial charge < -0.3 is 11.1 Å². The Morgan fingerprint density at radius 2 is 2.28 bits per heavy atom. The number of nitrogens with two attached hydrogens (primary N) is 1. The third-order valence-electron chi connectivity index (χ3n) is 2.39. The largest absolute Gasteiger partial charge is 0.330 e.